The van der Waals surface area contributed by atoms with Crippen LogP contribution < -0.4 is 10.6 Å². The summed E-state index contributed by atoms with van der Waals surface area (Å²) in [6, 6.07) is 9.78. The van der Waals surface area contributed by atoms with Crippen LogP contribution in [0.5, 0.6) is 0 Å². The minimum Gasteiger partial charge on any atom is -0.409 e. The summed E-state index contributed by atoms with van der Waals surface area (Å²) in [4.78, 5) is 10.2. The molecule has 1 aromatic heterocycles. The lowest BCUT2D eigenvalue weighted by atomic mass is 10.2. The highest BCUT2D eigenvalue weighted by Gasteiger charge is 2.14. The lowest BCUT2D eigenvalue weighted by Crippen LogP contribution is -2.25. The highest BCUT2D eigenvalue weighted by atomic mass is 79.9. The van der Waals surface area contributed by atoms with Gasteiger partial charge in [0.05, 0.1) is 4.47 Å². The van der Waals surface area contributed by atoms with Crippen LogP contribution in [0.1, 0.15) is 6.42 Å². The summed E-state index contributed by atoms with van der Waals surface area (Å²) in [7, 11) is 0. The van der Waals surface area contributed by atoms with Crippen molar-refractivity contribution in [1.82, 2.24) is 9.97 Å². The summed E-state index contributed by atoms with van der Waals surface area (Å²) in [6.45, 7) is 0.537. The number of hydrogen-bond donors (Lipinski definition) is 2. The molecular formula is C13H14BrN5O. The van der Waals surface area contributed by atoms with E-state index in [0.29, 0.717) is 13.0 Å². The molecule has 1 aromatic carbocycles. The molecule has 2 rings (SSSR count). The van der Waals surface area contributed by atoms with Gasteiger partial charge < -0.3 is 15.8 Å². The average molecular weight is 336 g/mol. The summed E-state index contributed by atoms with van der Waals surface area (Å²) < 4.78 is 0.781. The van der Waals surface area contributed by atoms with Gasteiger partial charge in [-0.1, -0.05) is 23.4 Å². The van der Waals surface area contributed by atoms with Gasteiger partial charge in [0.2, 0.25) is 0 Å². The number of anilines is 2. The monoisotopic (exact) mass is 335 g/mol. The minimum absolute atomic E-state index is 0.177. The Labute approximate surface area is 125 Å². The minimum atomic E-state index is 0.177. The molecule has 0 aliphatic carbocycles. The smallest absolute Gasteiger partial charge is 0.150 e. The number of benzene rings is 1. The SMILES string of the molecule is NC(CCN(c1ccccc1)c1ncncc1Br)=NO. The molecule has 0 aliphatic heterocycles. The zero-order chi connectivity index (χ0) is 14.4. The van der Waals surface area contributed by atoms with Crippen molar-refractivity contribution in [3.63, 3.8) is 0 Å². The molecule has 0 aliphatic rings. The number of nitrogens with two attached hydrogens (primary N) is 1. The number of para-hydroxylation sites is 1. The Morgan fingerprint density at radius 3 is 2.75 bits per heavy atom. The molecular weight excluding hydrogens is 322 g/mol. The van der Waals surface area contributed by atoms with Gasteiger partial charge in [0, 0.05) is 24.8 Å². The van der Waals surface area contributed by atoms with Crippen LogP contribution >= 0.6 is 15.9 Å². The van der Waals surface area contributed by atoms with Crippen molar-refractivity contribution in [3.05, 3.63) is 47.3 Å². The molecule has 0 atom stereocenters. The summed E-state index contributed by atoms with van der Waals surface area (Å²) >= 11 is 3.44. The van der Waals surface area contributed by atoms with E-state index in [9.17, 15) is 0 Å². The number of aromatic nitrogens is 2. The first-order valence-electron chi connectivity index (χ1n) is 5.97. The Hall–Kier alpha value is -2.15. The Balaban J connectivity index is 2.32. The van der Waals surface area contributed by atoms with Gasteiger partial charge in [-0.05, 0) is 28.1 Å². The third-order valence-corrected chi connectivity index (χ3v) is 3.25. The maximum atomic E-state index is 8.65. The molecule has 0 unspecified atom stereocenters. The van der Waals surface area contributed by atoms with Crippen molar-refractivity contribution in [2.24, 2.45) is 10.9 Å². The van der Waals surface area contributed by atoms with Crippen LogP contribution in [0.15, 0.2) is 52.5 Å². The molecule has 0 spiro atoms. The Bertz CT molecular complexity index is 590. The van der Waals surface area contributed by atoms with Crippen LogP contribution in [0, 0.1) is 0 Å². The zero-order valence-electron chi connectivity index (χ0n) is 10.6. The van der Waals surface area contributed by atoms with Crippen LogP contribution in [0.4, 0.5) is 11.5 Å². The maximum absolute atomic E-state index is 8.65. The van der Waals surface area contributed by atoms with Gasteiger partial charge in [0.1, 0.15) is 12.2 Å². The average Bonchev–Trinajstić information content (AvgIpc) is 2.50. The second-order valence-corrected chi connectivity index (χ2v) is 4.88. The third-order valence-electron chi connectivity index (χ3n) is 2.69. The molecule has 0 saturated heterocycles. The first-order valence-corrected chi connectivity index (χ1v) is 6.76. The van der Waals surface area contributed by atoms with E-state index in [1.165, 1.54) is 6.33 Å². The third kappa shape index (κ3) is 3.45. The lowest BCUT2D eigenvalue weighted by Gasteiger charge is -2.24. The quantitative estimate of drug-likeness (QED) is 0.379. The van der Waals surface area contributed by atoms with E-state index >= 15 is 0 Å². The van der Waals surface area contributed by atoms with Gasteiger partial charge in [-0.2, -0.15) is 0 Å². The van der Waals surface area contributed by atoms with E-state index in [1.807, 2.05) is 35.2 Å². The van der Waals surface area contributed by atoms with Crippen LogP contribution in [-0.4, -0.2) is 27.6 Å². The van der Waals surface area contributed by atoms with E-state index in [-0.39, 0.29) is 5.84 Å². The van der Waals surface area contributed by atoms with Gasteiger partial charge in [-0.15, -0.1) is 0 Å². The van der Waals surface area contributed by atoms with Crippen molar-refractivity contribution in [3.8, 4) is 0 Å². The molecule has 2 aromatic rings. The van der Waals surface area contributed by atoms with Gasteiger partial charge in [-0.3, -0.25) is 0 Å². The largest absolute Gasteiger partial charge is 0.409 e. The van der Waals surface area contributed by atoms with Crippen LogP contribution in [-0.2, 0) is 0 Å². The summed E-state index contributed by atoms with van der Waals surface area (Å²) in [5.41, 5.74) is 6.51. The molecule has 6 nitrogen and oxygen atoms in total. The Morgan fingerprint density at radius 2 is 2.10 bits per heavy atom. The van der Waals surface area contributed by atoms with Crippen molar-refractivity contribution >= 4 is 33.3 Å². The highest BCUT2D eigenvalue weighted by molar-refractivity contribution is 9.10. The van der Waals surface area contributed by atoms with Crippen molar-refractivity contribution in [1.29, 1.82) is 0 Å². The fourth-order valence-corrected chi connectivity index (χ4v) is 2.18. The molecule has 20 heavy (non-hydrogen) atoms. The van der Waals surface area contributed by atoms with Crippen LogP contribution in [0.25, 0.3) is 0 Å². The predicted molar refractivity (Wildman–Crippen MR) is 81.2 cm³/mol. The van der Waals surface area contributed by atoms with E-state index in [4.69, 9.17) is 10.9 Å². The van der Waals surface area contributed by atoms with Crippen LogP contribution in [0.3, 0.4) is 0 Å². The van der Waals surface area contributed by atoms with Crippen molar-refractivity contribution in [2.75, 3.05) is 11.4 Å². The summed E-state index contributed by atoms with van der Waals surface area (Å²) in [5.74, 6) is 0.910. The molecule has 7 heteroatoms. The first-order chi connectivity index (χ1) is 9.72. The van der Waals surface area contributed by atoms with Gasteiger partial charge >= 0.3 is 0 Å². The standard InChI is InChI=1S/C13H14BrN5O/c14-11-8-16-9-17-13(11)19(7-6-12(15)18-20)10-4-2-1-3-5-10/h1-5,8-9,20H,6-7H2,(H2,15,18). The van der Waals surface area contributed by atoms with Crippen molar-refractivity contribution in [2.45, 2.75) is 6.42 Å². The summed E-state index contributed by atoms with van der Waals surface area (Å²) in [6.07, 6.45) is 3.59. The summed E-state index contributed by atoms with van der Waals surface area (Å²) in [5, 5.41) is 11.6. The lowest BCUT2D eigenvalue weighted by molar-refractivity contribution is 0.317. The number of oxime groups is 1. The zero-order valence-corrected chi connectivity index (χ0v) is 12.2. The van der Waals surface area contributed by atoms with Gasteiger partial charge in [-0.25, -0.2) is 9.97 Å². The molecule has 0 saturated carbocycles. The Morgan fingerprint density at radius 1 is 1.35 bits per heavy atom. The topological polar surface area (TPSA) is 87.6 Å². The molecule has 0 fully saturated rings. The molecule has 1 heterocycles. The number of hydrogen-bond acceptors (Lipinski definition) is 5. The predicted octanol–water partition coefficient (Wildman–Crippen LogP) is 2.51. The number of amidine groups is 1. The first kappa shape index (κ1) is 14.3. The van der Waals surface area contributed by atoms with E-state index < -0.39 is 0 Å². The van der Waals surface area contributed by atoms with E-state index in [0.717, 1.165) is 16.0 Å². The molecule has 0 bridgehead atoms. The molecule has 3 N–H and O–H groups in total. The van der Waals surface area contributed by atoms with Crippen LogP contribution in [0.2, 0.25) is 0 Å². The molecule has 0 radical (unpaired) electrons. The Kier molecular flexibility index (Phi) is 4.89. The van der Waals surface area contributed by atoms with E-state index in [1.54, 1.807) is 6.20 Å². The number of nitrogens with zero attached hydrogens (tertiary/aromatic N) is 4. The molecule has 104 valence electrons. The second kappa shape index (κ2) is 6.85. The highest BCUT2D eigenvalue weighted by Crippen LogP contribution is 2.29. The fourth-order valence-electron chi connectivity index (χ4n) is 1.75. The number of rotatable bonds is 5. The van der Waals surface area contributed by atoms with Crippen molar-refractivity contribution < 1.29 is 5.21 Å². The van der Waals surface area contributed by atoms with Gasteiger partial charge in [0.15, 0.2) is 5.82 Å². The van der Waals surface area contributed by atoms with Gasteiger partial charge in [0.25, 0.3) is 0 Å². The van der Waals surface area contributed by atoms with E-state index in [2.05, 4.69) is 31.1 Å². The number of halogens is 1. The second-order valence-electron chi connectivity index (χ2n) is 4.02. The molecule has 0 amide bonds. The fraction of sp³-hybridized carbons (Fsp3) is 0.154. The maximum Gasteiger partial charge on any atom is 0.150 e. The normalized spacial score (nSPS) is 11.3.